The maximum Gasteiger partial charge on any atom is 0.257 e. The van der Waals surface area contributed by atoms with Crippen molar-refractivity contribution in [1.29, 1.82) is 0 Å². The van der Waals surface area contributed by atoms with Gasteiger partial charge in [-0.2, -0.15) is 0 Å². The Morgan fingerprint density at radius 3 is 1.22 bits per heavy atom. The predicted molar refractivity (Wildman–Crippen MR) is 464 cm³/mol. The summed E-state index contributed by atoms with van der Waals surface area (Å²) < 4.78 is 5.23. The number of hydrogen-bond acceptors (Lipinski definition) is 15. The molecule has 2 heterocycles. The van der Waals surface area contributed by atoms with Crippen LogP contribution in [0.15, 0.2) is 206 Å². The van der Waals surface area contributed by atoms with Crippen LogP contribution in [0.3, 0.4) is 0 Å². The molecule has 7 aromatic rings. The van der Waals surface area contributed by atoms with Gasteiger partial charge in [0.2, 0.25) is 0 Å². The molecule has 7 aromatic carbocycles. The maximum atomic E-state index is 12.2. The van der Waals surface area contributed by atoms with E-state index in [9.17, 15) is 28.8 Å². The molecule has 1 aliphatic carbocycles. The second kappa shape index (κ2) is 54.2. The third-order valence-corrected chi connectivity index (χ3v) is 18.9. The number of anilines is 1. The van der Waals surface area contributed by atoms with Gasteiger partial charge < -0.3 is 45.2 Å². The molecule has 0 bridgehead atoms. The van der Waals surface area contributed by atoms with E-state index in [0.717, 1.165) is 77.1 Å². The van der Waals surface area contributed by atoms with Crippen molar-refractivity contribution in [1.82, 2.24) is 57.2 Å². The zero-order chi connectivity index (χ0) is 79.5. The van der Waals surface area contributed by atoms with Crippen LogP contribution in [0.4, 0.5) is 5.69 Å². The number of carbonyl (C=O) groups excluding carboxylic acids is 6. The molecule has 0 atom stereocenters. The SMILES string of the molecule is CCCCCCCCNC(=S)NC(=O)c1ccccc1.CCN(CC)C(=S)NC(=O)c1ccccc1.O=C(NC(=S)N(CCO)CCO)c1ccccc1.O=C(NC(=S)N1CCCc2ccccc21)c1ccccc1.O=C(NC(=S)N1CCOCC1)c1ccccc1.O=C(NC(=S)NC1CCCCC1)c1ccccc1. The van der Waals surface area contributed by atoms with E-state index in [1.807, 2.05) is 138 Å². The fourth-order valence-corrected chi connectivity index (χ4v) is 12.7. The van der Waals surface area contributed by atoms with Crippen molar-refractivity contribution in [2.75, 3.05) is 83.7 Å². The molecule has 6 amide bonds. The number of hydrogen-bond donors (Lipinski definition) is 10. The number of morpholine rings is 1. The lowest BCUT2D eigenvalue weighted by Gasteiger charge is -2.31. The number of fused-ring (bicyclic) bond motifs is 1. The van der Waals surface area contributed by atoms with Gasteiger partial charge in [0.05, 0.1) is 26.4 Å². The summed E-state index contributed by atoms with van der Waals surface area (Å²) in [5, 5.41) is 42.8. The van der Waals surface area contributed by atoms with Crippen LogP contribution in [0, 0.1) is 0 Å². The number of aliphatic hydroxyl groups is 2. The third kappa shape index (κ3) is 35.5. The number of aryl methyl sites for hydroxylation is 1. The summed E-state index contributed by atoms with van der Waals surface area (Å²) in [5.41, 5.74) is 5.99. The van der Waals surface area contributed by atoms with E-state index >= 15 is 0 Å². The molecule has 27 heteroatoms. The number of ether oxygens (including phenoxy) is 1. The number of nitrogens with one attached hydrogen (secondary N) is 8. The van der Waals surface area contributed by atoms with Gasteiger partial charge >= 0.3 is 0 Å². The van der Waals surface area contributed by atoms with Gasteiger partial charge in [-0.3, -0.25) is 60.7 Å². The second-order valence-corrected chi connectivity index (χ2v) is 27.4. The molecular weight excluding hydrogens is 1500 g/mol. The van der Waals surface area contributed by atoms with E-state index in [2.05, 4.69) is 61.6 Å². The molecule has 1 saturated heterocycles. The fraction of sp³-hybridized carbons (Fsp3) is 0.349. The summed E-state index contributed by atoms with van der Waals surface area (Å²) >= 11 is 31.1. The maximum absolute atomic E-state index is 12.2. The molecule has 10 rings (SSSR count). The van der Waals surface area contributed by atoms with Crippen LogP contribution in [0.1, 0.15) is 166 Å². The Labute approximate surface area is 680 Å². The highest BCUT2D eigenvalue weighted by Gasteiger charge is 2.23. The van der Waals surface area contributed by atoms with E-state index in [1.165, 1.54) is 61.8 Å². The third-order valence-electron chi connectivity index (χ3n) is 17.0. The Morgan fingerprint density at radius 1 is 0.418 bits per heavy atom. The van der Waals surface area contributed by atoms with Crippen molar-refractivity contribution in [3.63, 3.8) is 0 Å². The molecule has 1 saturated carbocycles. The summed E-state index contributed by atoms with van der Waals surface area (Å²) in [6.45, 7) is 12.6. The summed E-state index contributed by atoms with van der Waals surface area (Å²) in [5.74, 6) is -1.10. The Hall–Kier alpha value is -9.42. The molecule has 586 valence electrons. The molecular formula is C83H104N12O9S6. The average molecular weight is 1610 g/mol. The quantitative estimate of drug-likeness (QED) is 0.0251. The van der Waals surface area contributed by atoms with E-state index in [1.54, 1.807) is 84.9 Å². The number of thiocarbonyl (C=S) groups is 6. The molecule has 0 spiro atoms. The fourth-order valence-electron chi connectivity index (χ4n) is 11.1. The normalized spacial score (nSPS) is 12.4. The van der Waals surface area contributed by atoms with Crippen LogP contribution in [-0.2, 0) is 11.2 Å². The van der Waals surface area contributed by atoms with E-state index in [0.29, 0.717) is 78.2 Å². The van der Waals surface area contributed by atoms with Crippen molar-refractivity contribution in [3.8, 4) is 0 Å². The molecule has 10 N–H and O–H groups in total. The highest BCUT2D eigenvalue weighted by Crippen LogP contribution is 2.27. The van der Waals surface area contributed by atoms with Crippen LogP contribution in [-0.4, -0.2) is 176 Å². The van der Waals surface area contributed by atoms with Gasteiger partial charge in [-0.1, -0.05) is 186 Å². The van der Waals surface area contributed by atoms with Crippen LogP contribution in [0.2, 0.25) is 0 Å². The minimum Gasteiger partial charge on any atom is -0.395 e. The summed E-state index contributed by atoms with van der Waals surface area (Å²) in [6, 6.07) is 62.8. The lowest BCUT2D eigenvalue weighted by Crippen LogP contribution is -2.47. The molecule has 110 heavy (non-hydrogen) atoms. The molecule has 0 radical (unpaired) electrons. The summed E-state index contributed by atoms with van der Waals surface area (Å²) in [4.78, 5) is 78.7. The number of rotatable bonds is 20. The highest BCUT2D eigenvalue weighted by atomic mass is 32.1. The number of carbonyl (C=O) groups is 6. The second-order valence-electron chi connectivity index (χ2n) is 25.1. The van der Waals surface area contributed by atoms with Crippen molar-refractivity contribution in [2.45, 2.75) is 110 Å². The first-order valence-corrected chi connectivity index (χ1v) is 39.7. The number of nitrogens with zero attached hydrogens (tertiary/aromatic N) is 4. The highest BCUT2D eigenvalue weighted by molar-refractivity contribution is 7.81. The molecule has 21 nitrogen and oxygen atoms in total. The number of amides is 6. The first kappa shape index (κ1) is 91.2. The number of para-hydroxylation sites is 1. The molecule has 2 aliphatic heterocycles. The van der Waals surface area contributed by atoms with Crippen molar-refractivity contribution in [3.05, 3.63) is 245 Å². The lowest BCUT2D eigenvalue weighted by atomic mass is 9.96. The van der Waals surface area contributed by atoms with Gasteiger partial charge in [0.15, 0.2) is 30.7 Å². The van der Waals surface area contributed by atoms with Crippen molar-refractivity contribution in [2.24, 2.45) is 0 Å². The summed E-state index contributed by atoms with van der Waals surface area (Å²) in [6.07, 6.45) is 15.6. The van der Waals surface area contributed by atoms with Gasteiger partial charge in [0.25, 0.3) is 35.4 Å². The minimum atomic E-state index is -0.304. The predicted octanol–water partition coefficient (Wildman–Crippen LogP) is 12.5. The first-order chi connectivity index (χ1) is 53.4. The van der Waals surface area contributed by atoms with Gasteiger partial charge in [0.1, 0.15) is 0 Å². The summed E-state index contributed by atoms with van der Waals surface area (Å²) in [7, 11) is 0. The van der Waals surface area contributed by atoms with Crippen LogP contribution < -0.4 is 47.4 Å². The van der Waals surface area contributed by atoms with Gasteiger partial charge in [0, 0.05) is 97.5 Å². The molecule has 3 aliphatic rings. The largest absolute Gasteiger partial charge is 0.395 e. The standard InChI is InChI=1S/C17H16N2OS.C16H24N2OS.C14H18N2OS.C12H16N2O3S.C12H14N2O2S.C12H16N2OS/c20-16(14-8-2-1-3-9-14)18-17(21)19-12-6-10-13-7-4-5-11-15(13)19;1-2-3-4-5-6-10-13-17-16(20)18-15(19)14-11-8-7-9-12-14;17-13(11-7-3-1-4-8-11)16-14(18)15-12-9-5-2-6-10-12;15-8-6-14(7-9-16)12(18)13-11(17)10-4-2-1-3-5-10;15-11(10-4-2-1-3-5-10)13-12(17)14-6-8-16-9-7-14;1-3-14(4-2)12(16)13-11(15)10-8-6-5-7-9-10/h1-5,7-9,11H,6,10,12H2,(H,18,20,21);7-9,11-12H,2-6,10,13H2,1H3,(H2,17,18,19,20);1,3-4,7-8,12H,2,5-6,9-10H2,(H2,15,16,17,18);1-5,15-16H,6-9H2,(H,13,17,18);1-5H,6-9H2,(H,13,15,17);5-9H,3-4H2,1-2H3,(H,13,15,16). The first-order valence-electron chi connectivity index (χ1n) is 37.2. The zero-order valence-corrected chi connectivity index (χ0v) is 67.8. The van der Waals surface area contributed by atoms with Gasteiger partial charge in [-0.25, -0.2) is 0 Å². The Bertz CT molecular complexity index is 3950. The molecule has 0 unspecified atom stereocenters. The van der Waals surface area contributed by atoms with Crippen molar-refractivity contribution >= 4 is 145 Å². The Kier molecular flexibility index (Phi) is 45.0. The Morgan fingerprint density at radius 2 is 0.791 bits per heavy atom. The average Bonchev–Trinajstić information content (AvgIpc) is 0.814. The van der Waals surface area contributed by atoms with Gasteiger partial charge in [-0.15, -0.1) is 0 Å². The van der Waals surface area contributed by atoms with E-state index < -0.39 is 0 Å². The smallest absolute Gasteiger partial charge is 0.257 e. The Balaban J connectivity index is 0.000000237. The lowest BCUT2D eigenvalue weighted by molar-refractivity contribution is 0.0669. The van der Waals surface area contributed by atoms with Crippen LogP contribution in [0.5, 0.6) is 0 Å². The number of benzene rings is 7. The van der Waals surface area contributed by atoms with Crippen molar-refractivity contribution < 1.29 is 43.7 Å². The van der Waals surface area contributed by atoms with E-state index in [-0.39, 0.29) is 66.9 Å². The minimum absolute atomic E-state index is 0.0959. The topological polar surface area (TPSA) is 261 Å². The van der Waals surface area contributed by atoms with Crippen LogP contribution in [0.25, 0.3) is 0 Å². The zero-order valence-electron chi connectivity index (χ0n) is 62.9. The number of aliphatic hydroxyl groups excluding tert-OH is 2. The monoisotopic (exact) mass is 1600 g/mol. The molecule has 2 fully saturated rings. The molecule has 0 aromatic heterocycles. The number of unbranched alkanes of at least 4 members (excludes halogenated alkanes) is 5. The van der Waals surface area contributed by atoms with Gasteiger partial charge in [-0.05, 0) is 204 Å². The van der Waals surface area contributed by atoms with Crippen LogP contribution >= 0.6 is 73.3 Å². The van der Waals surface area contributed by atoms with E-state index in [4.69, 9.17) is 88.3 Å².